The molecule has 0 spiro atoms. The molecule has 1 aliphatic rings. The Balaban J connectivity index is 1.83. The Hall–Kier alpha value is -3.80. The summed E-state index contributed by atoms with van der Waals surface area (Å²) in [5.41, 5.74) is 3.12. The molecule has 33 heavy (non-hydrogen) atoms. The Morgan fingerprint density at radius 2 is 1.58 bits per heavy atom. The Morgan fingerprint density at radius 3 is 2.18 bits per heavy atom. The second kappa shape index (κ2) is 9.36. The molecule has 1 atom stereocenters. The lowest BCUT2D eigenvalue weighted by Gasteiger charge is -2.40. The van der Waals surface area contributed by atoms with E-state index >= 15 is 0 Å². The molecule has 0 unspecified atom stereocenters. The van der Waals surface area contributed by atoms with Crippen molar-refractivity contribution in [3.8, 4) is 11.5 Å². The van der Waals surface area contributed by atoms with Crippen molar-refractivity contribution >= 4 is 23.2 Å². The topological polar surface area (TPSA) is 59.1 Å². The summed E-state index contributed by atoms with van der Waals surface area (Å²) in [6.07, 6.45) is 0. The molecule has 170 valence electrons. The lowest BCUT2D eigenvalue weighted by atomic mass is 9.95. The summed E-state index contributed by atoms with van der Waals surface area (Å²) in [6, 6.07) is 21.7. The third kappa shape index (κ3) is 4.29. The van der Waals surface area contributed by atoms with Crippen LogP contribution < -0.4 is 19.3 Å². The summed E-state index contributed by atoms with van der Waals surface area (Å²) in [5.74, 6) is 1.06. The summed E-state index contributed by atoms with van der Waals surface area (Å²) in [5, 5.41) is 0. The third-order valence-electron chi connectivity index (χ3n) is 5.95. The van der Waals surface area contributed by atoms with Crippen molar-refractivity contribution in [3.05, 3.63) is 83.9 Å². The largest absolute Gasteiger partial charge is 0.497 e. The van der Waals surface area contributed by atoms with Gasteiger partial charge in [0, 0.05) is 11.8 Å². The minimum Gasteiger partial charge on any atom is -0.497 e. The van der Waals surface area contributed by atoms with Gasteiger partial charge in [-0.2, -0.15) is 0 Å². The molecular formula is C27H28N2O4. The zero-order valence-corrected chi connectivity index (χ0v) is 19.3. The van der Waals surface area contributed by atoms with Crippen molar-refractivity contribution in [2.24, 2.45) is 0 Å². The molecule has 6 nitrogen and oxygen atoms in total. The van der Waals surface area contributed by atoms with Gasteiger partial charge >= 0.3 is 0 Å². The van der Waals surface area contributed by atoms with Gasteiger partial charge in [0.2, 0.25) is 5.91 Å². The molecular weight excluding hydrogens is 416 g/mol. The monoisotopic (exact) mass is 444 g/mol. The highest BCUT2D eigenvalue weighted by Gasteiger charge is 2.42. The number of carbonyl (C=O) groups is 2. The van der Waals surface area contributed by atoms with Crippen molar-refractivity contribution in [2.75, 3.05) is 30.6 Å². The molecule has 1 fully saturated rings. The molecule has 3 aromatic rings. The average molecular weight is 445 g/mol. The van der Waals surface area contributed by atoms with E-state index in [2.05, 4.69) is 13.8 Å². The van der Waals surface area contributed by atoms with E-state index in [9.17, 15) is 9.59 Å². The Labute approximate surface area is 194 Å². The lowest BCUT2D eigenvalue weighted by molar-refractivity contribution is -0.128. The number of anilines is 2. The highest BCUT2D eigenvalue weighted by Crippen LogP contribution is 2.39. The number of carbonyl (C=O) groups excluding carboxylic acids is 2. The number of para-hydroxylation sites is 1. The van der Waals surface area contributed by atoms with E-state index in [1.54, 1.807) is 37.3 Å². The van der Waals surface area contributed by atoms with Gasteiger partial charge in [0.25, 0.3) is 5.91 Å². The number of amides is 2. The Morgan fingerprint density at radius 1 is 0.879 bits per heavy atom. The van der Waals surface area contributed by atoms with Crippen LogP contribution in [0.1, 0.15) is 36.9 Å². The maximum atomic E-state index is 14.0. The van der Waals surface area contributed by atoms with Gasteiger partial charge in [-0.1, -0.05) is 56.3 Å². The van der Waals surface area contributed by atoms with Crippen molar-refractivity contribution in [1.82, 2.24) is 0 Å². The number of ether oxygens (including phenoxy) is 2. The highest BCUT2D eigenvalue weighted by atomic mass is 16.5. The zero-order chi connectivity index (χ0) is 23.5. The molecule has 0 radical (unpaired) electrons. The van der Waals surface area contributed by atoms with Gasteiger partial charge in [0.05, 0.1) is 19.9 Å². The van der Waals surface area contributed by atoms with Crippen LogP contribution in [0.5, 0.6) is 11.5 Å². The quantitative estimate of drug-likeness (QED) is 0.540. The van der Waals surface area contributed by atoms with Crippen molar-refractivity contribution in [2.45, 2.75) is 25.8 Å². The van der Waals surface area contributed by atoms with Crippen LogP contribution in [0, 0.1) is 0 Å². The van der Waals surface area contributed by atoms with E-state index in [0.29, 0.717) is 28.8 Å². The first-order valence-corrected chi connectivity index (χ1v) is 10.9. The average Bonchev–Trinajstić information content (AvgIpc) is 2.85. The number of nitrogens with zero attached hydrogens (tertiary/aromatic N) is 2. The fourth-order valence-electron chi connectivity index (χ4n) is 4.14. The molecule has 0 N–H and O–H groups in total. The van der Waals surface area contributed by atoms with E-state index in [-0.39, 0.29) is 18.4 Å². The van der Waals surface area contributed by atoms with E-state index in [1.807, 2.05) is 54.6 Å². The number of hydrogen-bond acceptors (Lipinski definition) is 4. The van der Waals surface area contributed by atoms with Gasteiger partial charge in [-0.25, -0.2) is 0 Å². The highest BCUT2D eigenvalue weighted by molar-refractivity contribution is 6.15. The first-order valence-electron chi connectivity index (χ1n) is 10.9. The Bertz CT molecular complexity index is 1140. The molecule has 1 aliphatic heterocycles. The van der Waals surface area contributed by atoms with Crippen LogP contribution in [-0.4, -0.2) is 32.6 Å². The van der Waals surface area contributed by atoms with Crippen LogP contribution >= 0.6 is 0 Å². The number of piperazine rings is 1. The predicted molar refractivity (Wildman–Crippen MR) is 129 cm³/mol. The van der Waals surface area contributed by atoms with Crippen LogP contribution in [0.2, 0.25) is 0 Å². The van der Waals surface area contributed by atoms with Gasteiger partial charge in [0.1, 0.15) is 24.1 Å². The van der Waals surface area contributed by atoms with Crippen LogP contribution in [-0.2, 0) is 9.59 Å². The molecule has 1 heterocycles. The fourth-order valence-corrected chi connectivity index (χ4v) is 4.14. The van der Waals surface area contributed by atoms with Gasteiger partial charge in [-0.05, 0) is 41.3 Å². The molecule has 1 saturated heterocycles. The summed E-state index contributed by atoms with van der Waals surface area (Å²) >= 11 is 0. The first-order chi connectivity index (χ1) is 15.9. The normalized spacial score (nSPS) is 16.3. The van der Waals surface area contributed by atoms with E-state index in [0.717, 1.165) is 5.56 Å². The van der Waals surface area contributed by atoms with Gasteiger partial charge < -0.3 is 9.47 Å². The first kappa shape index (κ1) is 22.4. The number of hydrogen-bond donors (Lipinski definition) is 0. The zero-order valence-electron chi connectivity index (χ0n) is 19.3. The molecule has 2 amide bonds. The summed E-state index contributed by atoms with van der Waals surface area (Å²) in [7, 11) is 3.10. The second-order valence-corrected chi connectivity index (χ2v) is 8.29. The van der Waals surface area contributed by atoms with Crippen molar-refractivity contribution in [3.63, 3.8) is 0 Å². The van der Waals surface area contributed by atoms with Gasteiger partial charge in [-0.15, -0.1) is 0 Å². The smallest absolute Gasteiger partial charge is 0.255 e. The summed E-state index contributed by atoms with van der Waals surface area (Å²) in [6.45, 7) is 4.15. The fraction of sp³-hybridized carbons (Fsp3) is 0.259. The molecule has 0 saturated carbocycles. The predicted octanol–water partition coefficient (Wildman–Crippen LogP) is 4.95. The maximum absolute atomic E-state index is 14.0. The van der Waals surface area contributed by atoms with E-state index < -0.39 is 6.04 Å². The number of benzene rings is 3. The minimum absolute atomic E-state index is 0.0994. The standard InChI is InChI=1S/C27H28N2O4/c1-18(2)19-10-12-20(13-11-19)26-27(31)28(23-16-22(32-3)14-15-24(23)33-4)17-25(30)29(26)21-8-6-5-7-9-21/h5-16,18,26H,17H2,1-4H3/t26-/m0/s1. The SMILES string of the molecule is COc1ccc(OC)c(N2CC(=O)N(c3ccccc3)[C@@H](c3ccc(C(C)C)cc3)C2=O)c1. The van der Waals surface area contributed by atoms with Crippen molar-refractivity contribution in [1.29, 1.82) is 0 Å². The van der Waals surface area contributed by atoms with Crippen LogP contribution in [0.4, 0.5) is 11.4 Å². The van der Waals surface area contributed by atoms with Crippen molar-refractivity contribution < 1.29 is 19.1 Å². The van der Waals surface area contributed by atoms with E-state index in [4.69, 9.17) is 9.47 Å². The van der Waals surface area contributed by atoms with Crippen LogP contribution in [0.25, 0.3) is 0 Å². The summed E-state index contributed by atoms with van der Waals surface area (Å²) < 4.78 is 10.9. The van der Waals surface area contributed by atoms with Crippen LogP contribution in [0.15, 0.2) is 72.8 Å². The third-order valence-corrected chi connectivity index (χ3v) is 5.95. The summed E-state index contributed by atoms with van der Waals surface area (Å²) in [4.78, 5) is 30.6. The molecule has 0 aliphatic carbocycles. The molecule has 4 rings (SSSR count). The minimum atomic E-state index is -0.800. The van der Waals surface area contributed by atoms with Gasteiger partial charge in [0.15, 0.2) is 0 Å². The molecule has 3 aromatic carbocycles. The Kier molecular flexibility index (Phi) is 6.36. The molecule has 0 aromatic heterocycles. The lowest BCUT2D eigenvalue weighted by Crippen LogP contribution is -2.56. The maximum Gasteiger partial charge on any atom is 0.255 e. The number of rotatable bonds is 6. The molecule has 6 heteroatoms. The van der Waals surface area contributed by atoms with Crippen LogP contribution in [0.3, 0.4) is 0 Å². The number of methoxy groups -OCH3 is 2. The second-order valence-electron chi connectivity index (χ2n) is 8.29. The van der Waals surface area contributed by atoms with Gasteiger partial charge in [-0.3, -0.25) is 19.4 Å². The molecule has 0 bridgehead atoms. The van der Waals surface area contributed by atoms with E-state index in [1.165, 1.54) is 10.5 Å².